The van der Waals surface area contributed by atoms with E-state index >= 15 is 0 Å². The maximum Gasteiger partial charge on any atom is 0.262 e. The SMILES string of the molecule is COc1ccccc1CNC(=O)C(C)Sc1nc2sc(-c3ccccc3)cc2c(=O)n1C. The normalized spacial score (nSPS) is 12.0. The highest BCUT2D eigenvalue weighted by atomic mass is 32.2. The van der Waals surface area contributed by atoms with Gasteiger partial charge in [0.15, 0.2) is 5.16 Å². The van der Waals surface area contributed by atoms with Crippen LogP contribution in [-0.2, 0) is 18.4 Å². The molecule has 1 amide bonds. The molecule has 32 heavy (non-hydrogen) atoms. The van der Waals surface area contributed by atoms with Crippen LogP contribution in [0.15, 0.2) is 70.6 Å². The Morgan fingerprint density at radius 1 is 1.19 bits per heavy atom. The van der Waals surface area contributed by atoms with Crippen molar-refractivity contribution in [1.29, 1.82) is 0 Å². The number of methoxy groups -OCH3 is 1. The first-order valence-electron chi connectivity index (χ1n) is 10.1. The molecule has 1 N–H and O–H groups in total. The quantitative estimate of drug-likeness (QED) is 0.322. The van der Waals surface area contributed by atoms with E-state index in [4.69, 9.17) is 9.72 Å². The minimum Gasteiger partial charge on any atom is -0.496 e. The van der Waals surface area contributed by atoms with Gasteiger partial charge in [-0.05, 0) is 24.6 Å². The number of nitrogens with one attached hydrogen (secondary N) is 1. The average molecular weight is 466 g/mol. The van der Waals surface area contributed by atoms with Crippen molar-refractivity contribution in [3.05, 3.63) is 76.6 Å². The largest absolute Gasteiger partial charge is 0.496 e. The van der Waals surface area contributed by atoms with E-state index in [0.29, 0.717) is 21.9 Å². The van der Waals surface area contributed by atoms with Gasteiger partial charge >= 0.3 is 0 Å². The van der Waals surface area contributed by atoms with Crippen LogP contribution in [0.25, 0.3) is 20.7 Å². The molecule has 0 saturated carbocycles. The number of fused-ring (bicyclic) bond motifs is 1. The molecule has 2 aromatic carbocycles. The van der Waals surface area contributed by atoms with E-state index in [9.17, 15) is 9.59 Å². The van der Waals surface area contributed by atoms with E-state index in [1.54, 1.807) is 14.2 Å². The lowest BCUT2D eigenvalue weighted by Gasteiger charge is -2.14. The molecule has 0 aliphatic rings. The predicted octanol–water partition coefficient (Wildman–Crippen LogP) is 4.47. The van der Waals surface area contributed by atoms with Gasteiger partial charge in [-0.25, -0.2) is 4.98 Å². The van der Waals surface area contributed by atoms with Gasteiger partial charge in [-0.2, -0.15) is 0 Å². The molecule has 0 radical (unpaired) electrons. The highest BCUT2D eigenvalue weighted by molar-refractivity contribution is 8.00. The van der Waals surface area contributed by atoms with E-state index < -0.39 is 5.25 Å². The van der Waals surface area contributed by atoms with Crippen molar-refractivity contribution < 1.29 is 9.53 Å². The zero-order chi connectivity index (χ0) is 22.7. The van der Waals surface area contributed by atoms with E-state index in [-0.39, 0.29) is 11.5 Å². The molecule has 0 aliphatic carbocycles. The van der Waals surface area contributed by atoms with Crippen molar-refractivity contribution in [2.24, 2.45) is 7.05 Å². The molecular formula is C24H23N3O3S2. The van der Waals surface area contributed by atoms with Crippen molar-refractivity contribution in [2.75, 3.05) is 7.11 Å². The highest BCUT2D eigenvalue weighted by Gasteiger charge is 2.19. The fraction of sp³-hybridized carbons (Fsp3) is 0.208. The van der Waals surface area contributed by atoms with Crippen LogP contribution in [-0.4, -0.2) is 27.8 Å². The number of ether oxygens (including phenoxy) is 1. The summed E-state index contributed by atoms with van der Waals surface area (Å²) in [6.07, 6.45) is 0. The molecule has 8 heteroatoms. The first kappa shape index (κ1) is 22.1. The number of carbonyl (C=O) groups is 1. The molecule has 0 spiro atoms. The van der Waals surface area contributed by atoms with Crippen LogP contribution in [0, 0.1) is 0 Å². The second-order valence-corrected chi connectivity index (χ2v) is 9.58. The number of amides is 1. The van der Waals surface area contributed by atoms with Gasteiger partial charge < -0.3 is 10.1 Å². The van der Waals surface area contributed by atoms with Crippen LogP contribution in [0.1, 0.15) is 12.5 Å². The molecule has 2 heterocycles. The fourth-order valence-electron chi connectivity index (χ4n) is 3.28. The highest BCUT2D eigenvalue weighted by Crippen LogP contribution is 2.32. The summed E-state index contributed by atoms with van der Waals surface area (Å²) >= 11 is 2.75. The van der Waals surface area contributed by atoms with Crippen LogP contribution in [0.2, 0.25) is 0 Å². The number of benzene rings is 2. The van der Waals surface area contributed by atoms with Gasteiger partial charge in [-0.3, -0.25) is 14.2 Å². The smallest absolute Gasteiger partial charge is 0.262 e. The van der Waals surface area contributed by atoms with Crippen LogP contribution in [0.4, 0.5) is 0 Å². The maximum absolute atomic E-state index is 12.9. The molecule has 1 atom stereocenters. The van der Waals surface area contributed by atoms with E-state index in [1.807, 2.05) is 67.6 Å². The average Bonchev–Trinajstić information content (AvgIpc) is 3.25. The second kappa shape index (κ2) is 9.58. The Bertz CT molecular complexity index is 1320. The Hall–Kier alpha value is -3.10. The molecule has 6 nitrogen and oxygen atoms in total. The van der Waals surface area contributed by atoms with Gasteiger partial charge in [0.2, 0.25) is 5.91 Å². The molecule has 4 rings (SSSR count). The summed E-state index contributed by atoms with van der Waals surface area (Å²) in [5, 5.41) is 3.62. The standard InChI is InChI=1S/C24H23N3O3S2/c1-15(21(28)25-14-17-11-7-8-12-19(17)30-3)31-24-26-22-18(23(29)27(24)2)13-20(32-22)16-9-5-4-6-10-16/h4-13,15H,14H2,1-3H3,(H,25,28). The lowest BCUT2D eigenvalue weighted by atomic mass is 10.2. The molecule has 4 aromatic rings. The van der Waals surface area contributed by atoms with E-state index in [1.165, 1.54) is 27.7 Å². The summed E-state index contributed by atoms with van der Waals surface area (Å²) in [4.78, 5) is 32.0. The Morgan fingerprint density at radius 2 is 1.91 bits per heavy atom. The predicted molar refractivity (Wildman–Crippen MR) is 130 cm³/mol. The maximum atomic E-state index is 12.9. The third-order valence-electron chi connectivity index (χ3n) is 5.09. The monoisotopic (exact) mass is 465 g/mol. The Balaban J connectivity index is 1.52. The zero-order valence-corrected chi connectivity index (χ0v) is 19.6. The summed E-state index contributed by atoms with van der Waals surface area (Å²) in [6, 6.07) is 19.4. The van der Waals surface area contributed by atoms with Gasteiger partial charge in [0.05, 0.1) is 17.7 Å². The lowest BCUT2D eigenvalue weighted by molar-refractivity contribution is -0.120. The molecule has 2 aromatic heterocycles. The van der Waals surface area contributed by atoms with Crippen LogP contribution >= 0.6 is 23.1 Å². The zero-order valence-electron chi connectivity index (χ0n) is 18.0. The van der Waals surface area contributed by atoms with Crippen LogP contribution in [0.5, 0.6) is 5.75 Å². The summed E-state index contributed by atoms with van der Waals surface area (Å²) in [5.74, 6) is 0.598. The Labute approximate surface area is 194 Å². The van der Waals surface area contributed by atoms with Crippen molar-refractivity contribution in [3.63, 3.8) is 0 Å². The minimum absolute atomic E-state index is 0.113. The topological polar surface area (TPSA) is 73.2 Å². The molecule has 1 unspecified atom stereocenters. The number of para-hydroxylation sites is 1. The number of hydrogen-bond acceptors (Lipinski definition) is 6. The Morgan fingerprint density at radius 3 is 2.66 bits per heavy atom. The number of thioether (sulfide) groups is 1. The number of rotatable bonds is 7. The van der Waals surface area contributed by atoms with Crippen molar-refractivity contribution in [1.82, 2.24) is 14.9 Å². The third kappa shape index (κ3) is 4.56. The number of hydrogen-bond donors (Lipinski definition) is 1. The summed E-state index contributed by atoms with van der Waals surface area (Å²) in [5.41, 5.74) is 1.84. The molecule has 0 aliphatic heterocycles. The first-order valence-corrected chi connectivity index (χ1v) is 11.8. The summed E-state index contributed by atoms with van der Waals surface area (Å²) < 4.78 is 6.85. The molecule has 164 valence electrons. The van der Waals surface area contributed by atoms with Gasteiger partial charge in [-0.15, -0.1) is 11.3 Å². The first-order chi connectivity index (χ1) is 15.5. The van der Waals surface area contributed by atoms with Crippen LogP contribution < -0.4 is 15.6 Å². The van der Waals surface area contributed by atoms with Gasteiger partial charge in [0, 0.05) is 24.0 Å². The van der Waals surface area contributed by atoms with E-state index in [0.717, 1.165) is 21.8 Å². The summed E-state index contributed by atoms with van der Waals surface area (Å²) in [7, 11) is 3.30. The Kier molecular flexibility index (Phi) is 6.62. The minimum atomic E-state index is -0.422. The fourth-order valence-corrected chi connectivity index (χ4v) is 5.26. The third-order valence-corrected chi connectivity index (χ3v) is 7.31. The van der Waals surface area contributed by atoms with Gasteiger partial charge in [-0.1, -0.05) is 60.3 Å². The van der Waals surface area contributed by atoms with Gasteiger partial charge in [0.25, 0.3) is 5.56 Å². The van der Waals surface area contributed by atoms with Crippen molar-refractivity contribution in [3.8, 4) is 16.2 Å². The number of carbonyl (C=O) groups excluding carboxylic acids is 1. The number of aromatic nitrogens is 2. The molecule has 0 saturated heterocycles. The molecule has 0 bridgehead atoms. The second-order valence-electron chi connectivity index (χ2n) is 7.24. The number of nitrogens with zero attached hydrogens (tertiary/aromatic N) is 2. The summed E-state index contributed by atoms with van der Waals surface area (Å²) in [6.45, 7) is 2.17. The lowest BCUT2D eigenvalue weighted by Crippen LogP contribution is -2.31. The number of thiophene rings is 1. The molecule has 0 fully saturated rings. The van der Waals surface area contributed by atoms with Crippen molar-refractivity contribution in [2.45, 2.75) is 23.9 Å². The van der Waals surface area contributed by atoms with E-state index in [2.05, 4.69) is 5.32 Å². The molecular weight excluding hydrogens is 442 g/mol. The van der Waals surface area contributed by atoms with Gasteiger partial charge in [0.1, 0.15) is 10.6 Å². The van der Waals surface area contributed by atoms with Crippen LogP contribution in [0.3, 0.4) is 0 Å². The van der Waals surface area contributed by atoms with Crippen molar-refractivity contribution >= 4 is 39.2 Å².